The van der Waals surface area contributed by atoms with Gasteiger partial charge in [0, 0.05) is 6.42 Å². The zero-order chi connectivity index (χ0) is 10.6. The second-order valence-corrected chi connectivity index (χ2v) is 5.89. The monoisotopic (exact) mass is 294 g/mol. The molecule has 1 rings (SSSR count). The fraction of sp³-hybridized carbons (Fsp3) is 0.500. The van der Waals surface area contributed by atoms with Gasteiger partial charge in [0.1, 0.15) is 0 Å². The predicted octanol–water partition coefficient (Wildman–Crippen LogP) is 4.93. The highest BCUT2D eigenvalue weighted by molar-refractivity contribution is 9.11. The number of hydrogen-bond donors (Lipinski definition) is 0. The van der Waals surface area contributed by atoms with Crippen LogP contribution in [0.5, 0.6) is 0 Å². The van der Waals surface area contributed by atoms with Gasteiger partial charge >= 0.3 is 0 Å². The van der Waals surface area contributed by atoms with E-state index in [1.165, 1.54) is 11.3 Å². The van der Waals surface area contributed by atoms with Crippen molar-refractivity contribution >= 4 is 44.7 Å². The van der Waals surface area contributed by atoms with Crippen LogP contribution in [-0.4, -0.2) is 5.78 Å². The molecule has 1 aromatic rings. The number of Topliss-reactive ketones (excluding diaryl/α,β-unsaturated/α-hetero) is 1. The van der Waals surface area contributed by atoms with Crippen molar-refractivity contribution in [2.45, 2.75) is 32.6 Å². The van der Waals surface area contributed by atoms with Gasteiger partial charge in [-0.1, -0.05) is 31.4 Å². The first-order valence-electron chi connectivity index (χ1n) is 4.63. The molecule has 0 bridgehead atoms. The summed E-state index contributed by atoms with van der Waals surface area (Å²) < 4.78 is 0.845. The summed E-state index contributed by atoms with van der Waals surface area (Å²) in [6.45, 7) is 2.13. The van der Waals surface area contributed by atoms with E-state index in [1.54, 1.807) is 6.07 Å². The van der Waals surface area contributed by atoms with Gasteiger partial charge < -0.3 is 0 Å². The summed E-state index contributed by atoms with van der Waals surface area (Å²) in [4.78, 5) is 12.4. The maximum Gasteiger partial charge on any atom is 0.172 e. The molecule has 0 unspecified atom stereocenters. The number of halogens is 2. The van der Waals surface area contributed by atoms with E-state index >= 15 is 0 Å². The van der Waals surface area contributed by atoms with Crippen LogP contribution in [0.3, 0.4) is 0 Å². The minimum absolute atomic E-state index is 0.205. The lowest BCUT2D eigenvalue weighted by atomic mass is 10.1. The third-order valence-corrected chi connectivity index (χ3v) is 4.44. The molecule has 0 saturated carbocycles. The summed E-state index contributed by atoms with van der Waals surface area (Å²) in [6, 6.07) is 1.74. The quantitative estimate of drug-likeness (QED) is 0.556. The van der Waals surface area contributed by atoms with Gasteiger partial charge in [0.25, 0.3) is 0 Å². The minimum atomic E-state index is 0.205. The van der Waals surface area contributed by atoms with Gasteiger partial charge in [-0.15, -0.1) is 11.3 Å². The summed E-state index contributed by atoms with van der Waals surface area (Å²) in [5, 5.41) is 0.633. The Hall–Kier alpha value is 0.140. The van der Waals surface area contributed by atoms with E-state index in [4.69, 9.17) is 11.6 Å². The molecule has 78 valence electrons. The Morgan fingerprint density at radius 2 is 2.29 bits per heavy atom. The number of carbonyl (C=O) groups excluding carboxylic acids is 1. The van der Waals surface area contributed by atoms with Crippen LogP contribution in [0, 0.1) is 0 Å². The van der Waals surface area contributed by atoms with Crippen molar-refractivity contribution in [3.63, 3.8) is 0 Å². The number of rotatable bonds is 5. The lowest BCUT2D eigenvalue weighted by Crippen LogP contribution is -1.94. The Labute approximate surface area is 102 Å². The molecule has 0 atom stereocenters. The normalized spacial score (nSPS) is 10.5. The van der Waals surface area contributed by atoms with Crippen molar-refractivity contribution in [1.29, 1.82) is 0 Å². The molecule has 0 amide bonds. The lowest BCUT2D eigenvalue weighted by molar-refractivity contribution is 0.0983. The lowest BCUT2D eigenvalue weighted by Gasteiger charge is -1.95. The zero-order valence-corrected chi connectivity index (χ0v) is 11.1. The zero-order valence-electron chi connectivity index (χ0n) is 7.98. The topological polar surface area (TPSA) is 17.1 Å². The Kier molecular flexibility index (Phi) is 5.13. The molecule has 0 aromatic carbocycles. The van der Waals surface area contributed by atoms with Crippen LogP contribution in [0.4, 0.5) is 0 Å². The third-order valence-electron chi connectivity index (χ3n) is 1.93. The summed E-state index contributed by atoms with van der Waals surface area (Å²) in [6.07, 6.45) is 3.87. The fourth-order valence-electron chi connectivity index (χ4n) is 1.14. The molecule has 0 spiro atoms. The van der Waals surface area contributed by atoms with Crippen LogP contribution in [-0.2, 0) is 0 Å². The molecular formula is C10H12BrClOS. The van der Waals surface area contributed by atoms with Crippen molar-refractivity contribution < 1.29 is 4.79 Å². The number of unbranched alkanes of at least 4 members (excludes halogenated alkanes) is 2. The molecule has 14 heavy (non-hydrogen) atoms. The van der Waals surface area contributed by atoms with Crippen LogP contribution in [0.25, 0.3) is 0 Å². The fourth-order valence-corrected chi connectivity index (χ4v) is 2.81. The number of hydrogen-bond acceptors (Lipinski definition) is 2. The van der Waals surface area contributed by atoms with Gasteiger partial charge in [0.2, 0.25) is 0 Å². The Balaban J connectivity index is 2.52. The molecule has 1 heterocycles. The molecule has 0 fully saturated rings. The molecule has 0 saturated heterocycles. The van der Waals surface area contributed by atoms with Crippen LogP contribution >= 0.6 is 38.9 Å². The smallest absolute Gasteiger partial charge is 0.172 e. The van der Waals surface area contributed by atoms with Crippen LogP contribution in [0.2, 0.25) is 5.02 Å². The molecule has 1 aromatic heterocycles. The first-order valence-corrected chi connectivity index (χ1v) is 6.62. The summed E-state index contributed by atoms with van der Waals surface area (Å²) in [5.74, 6) is 0.205. The third kappa shape index (κ3) is 3.37. The van der Waals surface area contributed by atoms with Crippen LogP contribution < -0.4 is 0 Å². The van der Waals surface area contributed by atoms with Crippen molar-refractivity contribution in [3.8, 4) is 0 Å². The van der Waals surface area contributed by atoms with Gasteiger partial charge in [-0.3, -0.25) is 4.79 Å². The van der Waals surface area contributed by atoms with E-state index in [9.17, 15) is 4.79 Å². The average Bonchev–Trinajstić information content (AvgIpc) is 2.47. The molecule has 4 heteroatoms. The largest absolute Gasteiger partial charge is 0.293 e. The Morgan fingerprint density at radius 3 is 2.79 bits per heavy atom. The molecule has 0 radical (unpaired) electrons. The average molecular weight is 296 g/mol. The molecule has 0 N–H and O–H groups in total. The maximum atomic E-state index is 11.6. The van der Waals surface area contributed by atoms with Crippen molar-refractivity contribution in [2.24, 2.45) is 0 Å². The van der Waals surface area contributed by atoms with E-state index in [-0.39, 0.29) is 5.78 Å². The molecule has 0 aliphatic rings. The van der Waals surface area contributed by atoms with Gasteiger partial charge in [0.15, 0.2) is 5.78 Å². The van der Waals surface area contributed by atoms with E-state index in [1.807, 2.05) is 0 Å². The number of ketones is 1. The minimum Gasteiger partial charge on any atom is -0.293 e. The molecule has 0 aliphatic carbocycles. The Morgan fingerprint density at radius 1 is 1.57 bits per heavy atom. The van der Waals surface area contributed by atoms with Gasteiger partial charge in [-0.05, 0) is 28.4 Å². The summed E-state index contributed by atoms with van der Waals surface area (Å²) in [5.41, 5.74) is 0. The predicted molar refractivity (Wildman–Crippen MR) is 65.5 cm³/mol. The van der Waals surface area contributed by atoms with Gasteiger partial charge in [-0.25, -0.2) is 0 Å². The highest BCUT2D eigenvalue weighted by Gasteiger charge is 2.11. The molecule has 0 aliphatic heterocycles. The number of thiophene rings is 1. The molecular weight excluding hydrogens is 284 g/mol. The standard InChI is InChI=1S/C10H12BrClOS/c1-2-3-4-5-8(13)9-6-7(12)10(11)14-9/h6H,2-5H2,1H3. The Bertz CT molecular complexity index is 302. The second kappa shape index (κ2) is 5.89. The van der Waals surface area contributed by atoms with Gasteiger partial charge in [0.05, 0.1) is 13.7 Å². The van der Waals surface area contributed by atoms with E-state index < -0.39 is 0 Å². The SMILES string of the molecule is CCCCCC(=O)c1cc(Cl)c(Br)s1. The number of carbonyl (C=O) groups is 1. The van der Waals surface area contributed by atoms with E-state index in [2.05, 4.69) is 22.9 Å². The van der Waals surface area contributed by atoms with E-state index in [0.717, 1.165) is 27.9 Å². The van der Waals surface area contributed by atoms with E-state index in [0.29, 0.717) is 11.4 Å². The second-order valence-electron chi connectivity index (χ2n) is 3.11. The van der Waals surface area contributed by atoms with Gasteiger partial charge in [-0.2, -0.15) is 0 Å². The highest BCUT2D eigenvalue weighted by atomic mass is 79.9. The van der Waals surface area contributed by atoms with Crippen LogP contribution in [0.15, 0.2) is 9.85 Å². The summed E-state index contributed by atoms with van der Waals surface area (Å²) >= 11 is 10.6. The maximum absolute atomic E-state index is 11.6. The van der Waals surface area contributed by atoms with Crippen molar-refractivity contribution in [1.82, 2.24) is 0 Å². The van der Waals surface area contributed by atoms with Crippen molar-refractivity contribution in [3.05, 3.63) is 19.8 Å². The first kappa shape index (κ1) is 12.2. The molecule has 1 nitrogen and oxygen atoms in total. The summed E-state index contributed by atoms with van der Waals surface area (Å²) in [7, 11) is 0. The highest BCUT2D eigenvalue weighted by Crippen LogP contribution is 2.32. The van der Waals surface area contributed by atoms with Crippen molar-refractivity contribution in [2.75, 3.05) is 0 Å². The first-order chi connectivity index (χ1) is 6.65. The van der Waals surface area contributed by atoms with Crippen LogP contribution in [0.1, 0.15) is 42.3 Å².